The zero-order valence-electron chi connectivity index (χ0n) is 10.9. The summed E-state index contributed by atoms with van der Waals surface area (Å²) in [7, 11) is 1.32. The molecular formula is C13H15Cl2NO3S. The van der Waals surface area contributed by atoms with E-state index >= 15 is 0 Å². The van der Waals surface area contributed by atoms with Crippen LogP contribution in [0.2, 0.25) is 5.02 Å². The monoisotopic (exact) mass is 335 g/mol. The highest BCUT2D eigenvalue weighted by Crippen LogP contribution is 2.27. The van der Waals surface area contributed by atoms with Gasteiger partial charge in [0.1, 0.15) is 4.90 Å². The number of benzene rings is 1. The summed E-state index contributed by atoms with van der Waals surface area (Å²) in [5.74, 6) is 0.298. The molecule has 2 unspecified atom stereocenters. The minimum atomic E-state index is -3.97. The summed E-state index contributed by atoms with van der Waals surface area (Å²) >= 11 is 5.78. The van der Waals surface area contributed by atoms with Gasteiger partial charge in [0.05, 0.1) is 5.02 Å². The lowest BCUT2D eigenvalue weighted by atomic mass is 10.1. The maximum Gasteiger partial charge on any atom is 0.262 e. The minimum absolute atomic E-state index is 0.00559. The number of hydrogen-bond acceptors (Lipinski definition) is 3. The van der Waals surface area contributed by atoms with Gasteiger partial charge in [-0.2, -0.15) is 0 Å². The summed E-state index contributed by atoms with van der Waals surface area (Å²) in [4.78, 5) is 11.9. The lowest BCUT2D eigenvalue weighted by molar-refractivity contribution is 0.0937. The Labute approximate surface area is 127 Å². The predicted molar refractivity (Wildman–Crippen MR) is 78.8 cm³/mol. The van der Waals surface area contributed by atoms with E-state index in [1.807, 2.05) is 0 Å². The molecule has 0 heterocycles. The summed E-state index contributed by atoms with van der Waals surface area (Å²) in [5.41, 5.74) is 0.244. The zero-order valence-corrected chi connectivity index (χ0v) is 13.2. The van der Waals surface area contributed by atoms with Crippen LogP contribution in [0.15, 0.2) is 23.1 Å². The van der Waals surface area contributed by atoms with E-state index in [-0.39, 0.29) is 27.4 Å². The molecule has 0 aromatic heterocycles. The summed E-state index contributed by atoms with van der Waals surface area (Å²) in [6.07, 6.45) is 2.98. The van der Waals surface area contributed by atoms with Crippen molar-refractivity contribution in [2.75, 3.05) is 0 Å². The highest BCUT2D eigenvalue weighted by atomic mass is 35.7. The third-order valence-electron chi connectivity index (χ3n) is 3.49. The maximum atomic E-state index is 12.1. The van der Waals surface area contributed by atoms with E-state index in [0.29, 0.717) is 5.92 Å². The van der Waals surface area contributed by atoms with Crippen molar-refractivity contribution in [1.29, 1.82) is 0 Å². The number of carbonyl (C=O) groups excluding carboxylic acids is 1. The first-order chi connectivity index (χ1) is 9.27. The maximum absolute atomic E-state index is 12.1. The quantitative estimate of drug-likeness (QED) is 0.862. The molecule has 110 valence electrons. The molecule has 0 spiro atoms. The van der Waals surface area contributed by atoms with Crippen LogP contribution in [0.1, 0.15) is 36.5 Å². The predicted octanol–water partition coefficient (Wildman–Crippen LogP) is 3.19. The number of nitrogens with one attached hydrogen (secondary N) is 1. The second-order valence-corrected chi connectivity index (χ2v) is 8.11. The largest absolute Gasteiger partial charge is 0.349 e. The Morgan fingerprint density at radius 3 is 2.60 bits per heavy atom. The van der Waals surface area contributed by atoms with Gasteiger partial charge in [-0.3, -0.25) is 4.79 Å². The third-order valence-corrected chi connectivity index (χ3v) is 5.29. The average Bonchev–Trinajstić information content (AvgIpc) is 2.73. The highest BCUT2D eigenvalue weighted by Gasteiger charge is 2.24. The first kappa shape index (κ1) is 15.6. The van der Waals surface area contributed by atoms with Crippen LogP contribution < -0.4 is 5.32 Å². The Morgan fingerprint density at radius 2 is 2.05 bits per heavy atom. The molecule has 7 heteroatoms. The van der Waals surface area contributed by atoms with E-state index in [1.54, 1.807) is 0 Å². The fourth-order valence-corrected chi connectivity index (χ4v) is 3.93. The van der Waals surface area contributed by atoms with Crippen molar-refractivity contribution in [1.82, 2.24) is 5.32 Å². The van der Waals surface area contributed by atoms with Crippen molar-refractivity contribution in [3.63, 3.8) is 0 Å². The third kappa shape index (κ3) is 3.65. The van der Waals surface area contributed by atoms with Gasteiger partial charge in [0.25, 0.3) is 15.0 Å². The molecule has 1 aliphatic carbocycles. The van der Waals surface area contributed by atoms with Gasteiger partial charge < -0.3 is 5.32 Å². The molecule has 1 saturated carbocycles. The van der Waals surface area contributed by atoms with E-state index in [2.05, 4.69) is 12.2 Å². The molecule has 1 aliphatic rings. The van der Waals surface area contributed by atoms with E-state index in [9.17, 15) is 13.2 Å². The molecule has 0 radical (unpaired) electrons. The van der Waals surface area contributed by atoms with Crippen molar-refractivity contribution in [2.45, 2.75) is 37.1 Å². The molecule has 0 aliphatic heterocycles. The zero-order chi connectivity index (χ0) is 14.9. The number of rotatable bonds is 3. The number of hydrogen-bond donors (Lipinski definition) is 1. The summed E-state index contributed by atoms with van der Waals surface area (Å²) in [6.45, 7) is 2.15. The number of amides is 1. The van der Waals surface area contributed by atoms with Gasteiger partial charge in [0, 0.05) is 22.3 Å². The van der Waals surface area contributed by atoms with Crippen LogP contribution in [0.25, 0.3) is 0 Å². The first-order valence-corrected chi connectivity index (χ1v) is 9.01. The molecule has 1 fully saturated rings. The standard InChI is InChI=1S/C13H15Cl2NO3S/c1-8-2-4-10(6-8)16-13(17)9-3-5-11(14)12(7-9)20(15,18)19/h3,5,7-8,10H,2,4,6H2,1H3,(H,16,17). The molecule has 2 atom stereocenters. The average molecular weight is 336 g/mol. The Morgan fingerprint density at radius 1 is 1.35 bits per heavy atom. The second kappa shape index (κ2) is 5.92. The molecule has 1 aromatic carbocycles. The minimum Gasteiger partial charge on any atom is -0.349 e. The SMILES string of the molecule is CC1CCC(NC(=O)c2ccc(Cl)c(S(=O)(=O)Cl)c2)C1. The van der Waals surface area contributed by atoms with Crippen LogP contribution in [-0.2, 0) is 9.05 Å². The fraction of sp³-hybridized carbons (Fsp3) is 0.462. The van der Waals surface area contributed by atoms with Crippen LogP contribution in [0, 0.1) is 5.92 Å². The molecule has 1 aromatic rings. The van der Waals surface area contributed by atoms with Gasteiger partial charge in [0.2, 0.25) is 0 Å². The van der Waals surface area contributed by atoms with Gasteiger partial charge in [-0.1, -0.05) is 18.5 Å². The van der Waals surface area contributed by atoms with Crippen LogP contribution >= 0.6 is 22.3 Å². The summed E-state index contributed by atoms with van der Waals surface area (Å²) in [6, 6.07) is 4.20. The Kier molecular flexibility index (Phi) is 4.62. The first-order valence-electron chi connectivity index (χ1n) is 6.32. The van der Waals surface area contributed by atoms with Crippen molar-refractivity contribution in [3.05, 3.63) is 28.8 Å². The molecule has 20 heavy (non-hydrogen) atoms. The fourth-order valence-electron chi connectivity index (χ4n) is 2.44. The van der Waals surface area contributed by atoms with Crippen molar-refractivity contribution in [2.24, 2.45) is 5.92 Å². The van der Waals surface area contributed by atoms with Gasteiger partial charge in [0.15, 0.2) is 0 Å². The molecular weight excluding hydrogens is 321 g/mol. The van der Waals surface area contributed by atoms with E-state index in [0.717, 1.165) is 19.3 Å². The van der Waals surface area contributed by atoms with Crippen LogP contribution in [-0.4, -0.2) is 20.4 Å². The lowest BCUT2D eigenvalue weighted by Crippen LogP contribution is -2.32. The molecule has 4 nitrogen and oxygen atoms in total. The smallest absolute Gasteiger partial charge is 0.262 e. The van der Waals surface area contributed by atoms with Crippen molar-refractivity contribution >= 4 is 37.2 Å². The van der Waals surface area contributed by atoms with Crippen molar-refractivity contribution in [3.8, 4) is 0 Å². The number of halogens is 2. The van der Waals surface area contributed by atoms with E-state index in [4.69, 9.17) is 22.3 Å². The van der Waals surface area contributed by atoms with Gasteiger partial charge >= 0.3 is 0 Å². The Hall–Kier alpha value is -0.780. The topological polar surface area (TPSA) is 63.2 Å². The second-order valence-electron chi connectivity index (χ2n) is 5.17. The molecule has 1 N–H and O–H groups in total. The van der Waals surface area contributed by atoms with Gasteiger partial charge in [-0.15, -0.1) is 0 Å². The van der Waals surface area contributed by atoms with Crippen LogP contribution in [0.5, 0.6) is 0 Å². The van der Waals surface area contributed by atoms with Crippen LogP contribution in [0.3, 0.4) is 0 Å². The van der Waals surface area contributed by atoms with Crippen molar-refractivity contribution < 1.29 is 13.2 Å². The molecule has 0 saturated heterocycles. The normalized spacial score (nSPS) is 22.8. The van der Waals surface area contributed by atoms with Gasteiger partial charge in [-0.25, -0.2) is 8.42 Å². The molecule has 1 amide bonds. The lowest BCUT2D eigenvalue weighted by Gasteiger charge is -2.13. The molecule has 2 rings (SSSR count). The van der Waals surface area contributed by atoms with E-state index < -0.39 is 9.05 Å². The summed E-state index contributed by atoms with van der Waals surface area (Å²) < 4.78 is 22.7. The highest BCUT2D eigenvalue weighted by molar-refractivity contribution is 8.13. The summed E-state index contributed by atoms with van der Waals surface area (Å²) in [5, 5.41) is 2.91. The number of carbonyl (C=O) groups is 1. The van der Waals surface area contributed by atoms with Gasteiger partial charge in [-0.05, 0) is 43.4 Å². The van der Waals surface area contributed by atoms with Crippen LogP contribution in [0.4, 0.5) is 0 Å². The van der Waals surface area contributed by atoms with E-state index in [1.165, 1.54) is 18.2 Å². The Balaban J connectivity index is 2.19. The molecule has 0 bridgehead atoms. The Bertz CT molecular complexity index is 631.